The second-order valence-corrected chi connectivity index (χ2v) is 12.2. The summed E-state index contributed by atoms with van der Waals surface area (Å²) in [5.41, 5.74) is 8.72. The molecule has 2 amide bonds. The number of benzene rings is 1. The van der Waals surface area contributed by atoms with Crippen LogP contribution in [0.3, 0.4) is 0 Å². The second-order valence-electron chi connectivity index (χ2n) is 12.2. The summed E-state index contributed by atoms with van der Waals surface area (Å²) < 4.78 is 5.18. The fraction of sp³-hybridized carbons (Fsp3) is 0.645. The second kappa shape index (κ2) is 13.6. The Morgan fingerprint density at radius 3 is 2.54 bits per heavy atom. The molecule has 2 heterocycles. The molecular weight excluding hydrogens is 490 g/mol. The Hall–Kier alpha value is -2.71. The van der Waals surface area contributed by atoms with Gasteiger partial charge in [-0.25, -0.2) is 0 Å². The molecule has 2 aromatic rings. The predicted octanol–water partition coefficient (Wildman–Crippen LogP) is 4.30. The summed E-state index contributed by atoms with van der Waals surface area (Å²) in [7, 11) is 0. The first-order valence-corrected chi connectivity index (χ1v) is 14.7. The van der Waals surface area contributed by atoms with Gasteiger partial charge in [-0.3, -0.25) is 14.5 Å². The lowest BCUT2D eigenvalue weighted by Gasteiger charge is -2.43. The van der Waals surface area contributed by atoms with Crippen LogP contribution in [0.25, 0.3) is 0 Å². The van der Waals surface area contributed by atoms with Gasteiger partial charge in [0, 0.05) is 38.3 Å². The Morgan fingerprint density at radius 1 is 1.13 bits per heavy atom. The molecule has 1 saturated carbocycles. The van der Waals surface area contributed by atoms with Crippen molar-refractivity contribution in [3.05, 3.63) is 52.9 Å². The van der Waals surface area contributed by atoms with Gasteiger partial charge in [0.15, 0.2) is 5.69 Å². The highest BCUT2D eigenvalue weighted by molar-refractivity contribution is 5.96. The number of nitrogens with zero attached hydrogens (tertiary/aromatic N) is 3. The minimum atomic E-state index is -0.546. The Labute approximate surface area is 233 Å². The molecule has 2 aliphatic rings. The average molecular weight is 538 g/mol. The van der Waals surface area contributed by atoms with Crippen LogP contribution in [-0.4, -0.2) is 65.0 Å². The zero-order valence-electron chi connectivity index (χ0n) is 24.2. The molecule has 8 heteroatoms. The molecule has 1 saturated heterocycles. The quantitative estimate of drug-likeness (QED) is 0.468. The zero-order valence-corrected chi connectivity index (χ0v) is 24.2. The molecule has 3 N–H and O–H groups in total. The van der Waals surface area contributed by atoms with Crippen LogP contribution in [0, 0.1) is 31.6 Å². The number of carbonyl (C=O) groups is 2. The standard InChI is InChI=1S/C31H47N5O3/c1-21(2)19-35(20-24-10-8-22(3)9-11-24)27-12-13-36(31(38)28-14-23(4)39-34-28)29(16-27)30(37)33-18-26-7-5-6-25(15-26)17-32/h8-11,14,21,25-27,29H,5-7,12-13,15-20,32H2,1-4H3,(H,33,37)/t25?,26?,27?,29-/m1/s1. The predicted molar refractivity (Wildman–Crippen MR) is 153 cm³/mol. The van der Waals surface area contributed by atoms with Gasteiger partial charge in [0.1, 0.15) is 11.8 Å². The number of nitrogens with two attached hydrogens (primary N) is 1. The molecule has 0 spiro atoms. The number of aromatic nitrogens is 1. The van der Waals surface area contributed by atoms with Crippen LogP contribution in [0.1, 0.15) is 79.7 Å². The molecule has 0 radical (unpaired) electrons. The van der Waals surface area contributed by atoms with Gasteiger partial charge < -0.3 is 20.5 Å². The molecule has 39 heavy (non-hydrogen) atoms. The Kier molecular flexibility index (Phi) is 10.2. The third-order valence-corrected chi connectivity index (χ3v) is 8.40. The van der Waals surface area contributed by atoms with Gasteiger partial charge in [-0.15, -0.1) is 0 Å². The van der Waals surface area contributed by atoms with E-state index in [2.05, 4.69) is 60.4 Å². The van der Waals surface area contributed by atoms with E-state index in [9.17, 15) is 9.59 Å². The summed E-state index contributed by atoms with van der Waals surface area (Å²) in [5.74, 6) is 1.75. The highest BCUT2D eigenvalue weighted by Gasteiger charge is 2.39. The summed E-state index contributed by atoms with van der Waals surface area (Å²) in [6.45, 7) is 12.0. The Morgan fingerprint density at radius 2 is 1.87 bits per heavy atom. The highest BCUT2D eigenvalue weighted by Crippen LogP contribution is 2.29. The SMILES string of the molecule is Cc1ccc(CN(CC(C)C)C2CCN(C(=O)c3cc(C)on3)[C@@H](C(=O)NCC3CCCC(CN)C3)C2)cc1. The van der Waals surface area contributed by atoms with Crippen molar-refractivity contribution in [3.63, 3.8) is 0 Å². The first-order chi connectivity index (χ1) is 18.7. The Balaban J connectivity index is 1.51. The minimum Gasteiger partial charge on any atom is -0.361 e. The summed E-state index contributed by atoms with van der Waals surface area (Å²) in [4.78, 5) is 31.4. The fourth-order valence-electron chi connectivity index (χ4n) is 6.29. The zero-order chi connectivity index (χ0) is 27.9. The lowest BCUT2D eigenvalue weighted by molar-refractivity contribution is -0.128. The minimum absolute atomic E-state index is 0.0667. The maximum Gasteiger partial charge on any atom is 0.276 e. The van der Waals surface area contributed by atoms with Crippen molar-refractivity contribution in [1.82, 2.24) is 20.3 Å². The molecule has 1 aromatic carbocycles. The van der Waals surface area contributed by atoms with E-state index in [0.29, 0.717) is 49.6 Å². The number of hydrogen-bond acceptors (Lipinski definition) is 6. The van der Waals surface area contributed by atoms with Crippen LogP contribution in [0.15, 0.2) is 34.9 Å². The molecule has 0 bridgehead atoms. The molecule has 1 aliphatic heterocycles. The van der Waals surface area contributed by atoms with E-state index in [1.165, 1.54) is 17.5 Å². The first kappa shape index (κ1) is 29.3. The maximum atomic E-state index is 13.7. The third kappa shape index (κ3) is 7.92. The van der Waals surface area contributed by atoms with Gasteiger partial charge in [-0.1, -0.05) is 55.3 Å². The summed E-state index contributed by atoms with van der Waals surface area (Å²) in [6.07, 6.45) is 5.92. The number of nitrogens with one attached hydrogen (secondary N) is 1. The molecule has 4 rings (SSSR count). The summed E-state index contributed by atoms with van der Waals surface area (Å²) in [5, 5.41) is 7.19. The summed E-state index contributed by atoms with van der Waals surface area (Å²) >= 11 is 0. The molecule has 2 fully saturated rings. The monoisotopic (exact) mass is 537 g/mol. The van der Waals surface area contributed by atoms with Crippen molar-refractivity contribution in [2.45, 2.75) is 84.8 Å². The first-order valence-electron chi connectivity index (χ1n) is 14.7. The van der Waals surface area contributed by atoms with E-state index in [4.69, 9.17) is 10.3 Å². The molecule has 214 valence electrons. The van der Waals surface area contributed by atoms with Gasteiger partial charge in [0.05, 0.1) is 0 Å². The number of likely N-dealkylation sites (tertiary alicyclic amines) is 1. The fourth-order valence-corrected chi connectivity index (χ4v) is 6.29. The van der Waals surface area contributed by atoms with E-state index in [1.807, 2.05) is 0 Å². The van der Waals surface area contributed by atoms with Gasteiger partial charge in [0.25, 0.3) is 5.91 Å². The van der Waals surface area contributed by atoms with E-state index in [1.54, 1.807) is 17.9 Å². The van der Waals surface area contributed by atoms with Crippen LogP contribution in [0.5, 0.6) is 0 Å². The van der Waals surface area contributed by atoms with E-state index >= 15 is 0 Å². The third-order valence-electron chi connectivity index (χ3n) is 8.40. The van der Waals surface area contributed by atoms with Crippen LogP contribution in [-0.2, 0) is 11.3 Å². The molecule has 3 unspecified atom stereocenters. The van der Waals surface area contributed by atoms with Crippen molar-refractivity contribution in [2.75, 3.05) is 26.2 Å². The highest BCUT2D eigenvalue weighted by atomic mass is 16.5. The van der Waals surface area contributed by atoms with Crippen LogP contribution in [0.4, 0.5) is 0 Å². The number of piperidine rings is 1. The number of hydrogen-bond donors (Lipinski definition) is 2. The molecule has 8 nitrogen and oxygen atoms in total. The van der Waals surface area contributed by atoms with Crippen LogP contribution < -0.4 is 11.1 Å². The lowest BCUT2D eigenvalue weighted by Crippen LogP contribution is -2.58. The topological polar surface area (TPSA) is 105 Å². The molecule has 4 atom stereocenters. The van der Waals surface area contributed by atoms with Crippen LogP contribution >= 0.6 is 0 Å². The number of carbonyl (C=O) groups excluding carboxylic acids is 2. The number of amides is 2. The molecule has 1 aliphatic carbocycles. The van der Waals surface area contributed by atoms with Crippen molar-refractivity contribution in [3.8, 4) is 0 Å². The van der Waals surface area contributed by atoms with Crippen molar-refractivity contribution < 1.29 is 14.1 Å². The molecule has 1 aromatic heterocycles. The Bertz CT molecular complexity index is 1080. The van der Waals surface area contributed by atoms with Gasteiger partial charge >= 0.3 is 0 Å². The van der Waals surface area contributed by atoms with Crippen LogP contribution in [0.2, 0.25) is 0 Å². The van der Waals surface area contributed by atoms with Gasteiger partial charge in [-0.05, 0) is 75.8 Å². The summed E-state index contributed by atoms with van der Waals surface area (Å²) in [6, 6.07) is 10.00. The average Bonchev–Trinajstić information content (AvgIpc) is 3.38. The van der Waals surface area contributed by atoms with E-state index < -0.39 is 6.04 Å². The normalized spacial score (nSPS) is 23.8. The number of rotatable bonds is 10. The van der Waals surface area contributed by atoms with E-state index in [-0.39, 0.29) is 23.6 Å². The van der Waals surface area contributed by atoms with Crippen molar-refractivity contribution in [2.24, 2.45) is 23.5 Å². The van der Waals surface area contributed by atoms with E-state index in [0.717, 1.165) is 38.8 Å². The van der Waals surface area contributed by atoms with Crippen molar-refractivity contribution >= 4 is 11.8 Å². The lowest BCUT2D eigenvalue weighted by atomic mass is 9.81. The van der Waals surface area contributed by atoms with Crippen molar-refractivity contribution in [1.29, 1.82) is 0 Å². The van der Waals surface area contributed by atoms with Gasteiger partial charge in [0.2, 0.25) is 5.91 Å². The maximum absolute atomic E-state index is 13.7. The smallest absolute Gasteiger partial charge is 0.276 e. The van der Waals surface area contributed by atoms with Gasteiger partial charge in [-0.2, -0.15) is 0 Å². The molecular formula is C31H47N5O3. The largest absolute Gasteiger partial charge is 0.361 e. The number of aryl methyl sites for hydroxylation is 2.